The molecule has 0 aliphatic carbocycles. The Morgan fingerprint density at radius 2 is 1.54 bits per heavy atom. The quantitative estimate of drug-likeness (QED) is 0.537. The molecule has 1 atom stereocenters. The first-order chi connectivity index (χ1) is 12.4. The normalized spacial score (nSPS) is 16.7. The second kappa shape index (κ2) is 9.09. The molecule has 2 rings (SSSR count). The van der Waals surface area contributed by atoms with Crippen LogP contribution in [0.2, 0.25) is 0 Å². The van der Waals surface area contributed by atoms with Crippen LogP contribution in [-0.4, -0.2) is 49.2 Å². The molecule has 0 radical (unpaired) electrons. The van der Waals surface area contributed by atoms with Gasteiger partial charge in [0.25, 0.3) is 5.91 Å². The highest BCUT2D eigenvalue weighted by Crippen LogP contribution is 2.19. The Labute approximate surface area is 149 Å². The molecule has 10 nitrogen and oxygen atoms in total. The van der Waals surface area contributed by atoms with Gasteiger partial charge in [-0.3, -0.25) is 4.79 Å². The maximum atomic E-state index is 11.6. The average Bonchev–Trinajstić information content (AvgIpc) is 3.08. The number of hydroxylamine groups is 2. The van der Waals surface area contributed by atoms with Gasteiger partial charge in [-0.05, 0) is 12.8 Å². The highest BCUT2D eigenvalue weighted by atomic mass is 16.7. The molecule has 0 spiro atoms. The van der Waals surface area contributed by atoms with Gasteiger partial charge in [-0.15, -0.1) is 9.79 Å². The molecule has 0 aromatic carbocycles. The maximum Gasteiger partial charge on any atom is 0.333 e. The van der Waals surface area contributed by atoms with Gasteiger partial charge < -0.3 is 25.0 Å². The number of carbonyl (C=O) groups excluding carboxylic acids is 3. The average molecular weight is 370 g/mol. The number of aromatic hydroxyl groups is 2. The molecule has 144 valence electrons. The summed E-state index contributed by atoms with van der Waals surface area (Å²) >= 11 is 0. The molecule has 1 amide bonds. The van der Waals surface area contributed by atoms with Crippen molar-refractivity contribution in [1.82, 2.24) is 9.79 Å². The van der Waals surface area contributed by atoms with Crippen LogP contribution in [-0.2, 0) is 19.2 Å². The summed E-state index contributed by atoms with van der Waals surface area (Å²) in [4.78, 5) is 44.2. The fourth-order valence-electron chi connectivity index (χ4n) is 2.45. The zero-order chi connectivity index (χ0) is 19.1. The van der Waals surface area contributed by atoms with Gasteiger partial charge in [0, 0.05) is 37.8 Å². The molecule has 26 heavy (non-hydrogen) atoms. The Kier molecular flexibility index (Phi) is 6.84. The number of unbranched alkanes of at least 4 members (excludes halogenated alkanes) is 3. The van der Waals surface area contributed by atoms with E-state index in [1.54, 1.807) is 0 Å². The first-order valence-electron chi connectivity index (χ1n) is 8.40. The summed E-state index contributed by atoms with van der Waals surface area (Å²) in [5.74, 6) is -2.36. The topological polar surface area (TPSA) is 139 Å². The van der Waals surface area contributed by atoms with Crippen molar-refractivity contribution in [2.24, 2.45) is 0 Å². The number of aromatic nitrogens is 1. The van der Waals surface area contributed by atoms with E-state index in [4.69, 9.17) is 9.68 Å². The summed E-state index contributed by atoms with van der Waals surface area (Å²) < 4.78 is 0.631. The van der Waals surface area contributed by atoms with Crippen molar-refractivity contribution in [3.05, 3.63) is 12.1 Å². The highest BCUT2D eigenvalue weighted by molar-refractivity contribution is 5.79. The molecule has 10 heteroatoms. The van der Waals surface area contributed by atoms with Gasteiger partial charge in [0.15, 0.2) is 6.23 Å². The summed E-state index contributed by atoms with van der Waals surface area (Å²) in [6.07, 6.45) is 1.89. The van der Waals surface area contributed by atoms with E-state index in [0.717, 1.165) is 0 Å². The van der Waals surface area contributed by atoms with Crippen LogP contribution in [0.5, 0.6) is 11.8 Å². The van der Waals surface area contributed by atoms with Crippen molar-refractivity contribution in [3.8, 4) is 11.8 Å². The molecule has 2 heterocycles. The predicted molar refractivity (Wildman–Crippen MR) is 85.2 cm³/mol. The van der Waals surface area contributed by atoms with Crippen molar-refractivity contribution < 1.29 is 39.4 Å². The second-order valence-corrected chi connectivity index (χ2v) is 5.92. The van der Waals surface area contributed by atoms with Crippen molar-refractivity contribution in [2.45, 2.75) is 57.6 Å². The lowest BCUT2D eigenvalue weighted by molar-refractivity contribution is -0.220. The number of hydrogen-bond donors (Lipinski definition) is 3. The van der Waals surface area contributed by atoms with Crippen LogP contribution in [0.3, 0.4) is 0 Å². The van der Waals surface area contributed by atoms with Crippen LogP contribution in [0.15, 0.2) is 12.1 Å². The summed E-state index contributed by atoms with van der Waals surface area (Å²) in [6, 6.07) is 2.38. The number of amides is 1. The Balaban J connectivity index is 1.54. The number of aliphatic hydroxyl groups excluding tert-OH is 1. The van der Waals surface area contributed by atoms with Crippen molar-refractivity contribution in [1.29, 1.82) is 0 Å². The Morgan fingerprint density at radius 1 is 1.00 bits per heavy atom. The summed E-state index contributed by atoms with van der Waals surface area (Å²) in [7, 11) is 0. The van der Waals surface area contributed by atoms with Crippen molar-refractivity contribution in [3.63, 3.8) is 0 Å². The van der Waals surface area contributed by atoms with Crippen molar-refractivity contribution in [2.75, 3.05) is 0 Å². The van der Waals surface area contributed by atoms with E-state index in [0.29, 0.717) is 35.5 Å². The molecule has 1 aliphatic heterocycles. The number of carbonyl (C=O) groups is 3. The minimum Gasteiger partial charge on any atom is -0.492 e. The largest absolute Gasteiger partial charge is 0.492 e. The Hall–Kier alpha value is -2.75. The van der Waals surface area contributed by atoms with Crippen LogP contribution in [0.25, 0.3) is 0 Å². The molecule has 1 aromatic rings. The van der Waals surface area contributed by atoms with E-state index in [2.05, 4.69) is 0 Å². The van der Waals surface area contributed by atoms with Gasteiger partial charge in [-0.1, -0.05) is 12.8 Å². The second-order valence-electron chi connectivity index (χ2n) is 5.92. The van der Waals surface area contributed by atoms with Gasteiger partial charge >= 0.3 is 11.9 Å². The smallest absolute Gasteiger partial charge is 0.333 e. The molecule has 1 aromatic heterocycles. The number of nitrogens with zero attached hydrogens (tertiary/aromatic N) is 2. The lowest BCUT2D eigenvalue weighted by Crippen LogP contribution is -2.35. The van der Waals surface area contributed by atoms with Gasteiger partial charge in [0.1, 0.15) is 0 Å². The van der Waals surface area contributed by atoms with Crippen LogP contribution in [0, 0.1) is 0 Å². The number of rotatable bonds is 9. The van der Waals surface area contributed by atoms with E-state index in [1.807, 2.05) is 0 Å². The summed E-state index contributed by atoms with van der Waals surface area (Å²) in [5, 5.41) is 28.9. The fourth-order valence-corrected chi connectivity index (χ4v) is 2.45. The zero-order valence-corrected chi connectivity index (χ0v) is 14.2. The number of aliphatic hydroxyl groups is 1. The SMILES string of the molecule is O=C(CCCCCCC(=O)On1c(O)ccc1O)ON1C(=O)CCC1O. The molecule has 0 bridgehead atoms. The predicted octanol–water partition coefficient (Wildman–Crippen LogP) is 0.594. The van der Waals surface area contributed by atoms with E-state index in [-0.39, 0.29) is 37.4 Å². The van der Waals surface area contributed by atoms with Crippen LogP contribution in [0.4, 0.5) is 0 Å². The minimum atomic E-state index is -1.07. The summed E-state index contributed by atoms with van der Waals surface area (Å²) in [5.41, 5.74) is 0. The third-order valence-corrected chi connectivity index (χ3v) is 3.84. The molecule has 3 N–H and O–H groups in total. The molecule has 1 saturated heterocycles. The monoisotopic (exact) mass is 370 g/mol. The third-order valence-electron chi connectivity index (χ3n) is 3.84. The summed E-state index contributed by atoms with van der Waals surface area (Å²) in [6.45, 7) is 0. The van der Waals surface area contributed by atoms with Crippen molar-refractivity contribution >= 4 is 17.8 Å². The van der Waals surface area contributed by atoms with Crippen LogP contribution in [0.1, 0.15) is 51.4 Å². The van der Waals surface area contributed by atoms with E-state index >= 15 is 0 Å². The fraction of sp³-hybridized carbons (Fsp3) is 0.562. The van der Waals surface area contributed by atoms with E-state index < -0.39 is 24.1 Å². The standard InChI is InChI=1S/C16H22N2O8/c19-11-7-8-12(20)17(11)25-15(23)5-3-1-2-4-6-16(24)26-18-13(21)9-10-14(18)22/h7-8,13,19-21H,1-6,9-10H2. The van der Waals surface area contributed by atoms with E-state index in [1.165, 1.54) is 12.1 Å². The molecular formula is C16H22N2O8. The molecule has 1 aliphatic rings. The lowest BCUT2D eigenvalue weighted by Gasteiger charge is -2.18. The molecule has 1 unspecified atom stereocenters. The number of hydrogen-bond acceptors (Lipinski definition) is 8. The molecule has 0 saturated carbocycles. The Bertz CT molecular complexity index is 637. The van der Waals surface area contributed by atoms with Gasteiger partial charge in [-0.2, -0.15) is 0 Å². The maximum absolute atomic E-state index is 11.6. The third kappa shape index (κ3) is 5.38. The lowest BCUT2D eigenvalue weighted by atomic mass is 10.1. The minimum absolute atomic E-state index is 0.0932. The van der Waals surface area contributed by atoms with Crippen LogP contribution >= 0.6 is 0 Å². The molecule has 1 fully saturated rings. The van der Waals surface area contributed by atoms with E-state index in [9.17, 15) is 29.7 Å². The van der Waals surface area contributed by atoms with Gasteiger partial charge in [-0.25, -0.2) is 9.59 Å². The zero-order valence-electron chi connectivity index (χ0n) is 14.2. The van der Waals surface area contributed by atoms with Crippen LogP contribution < -0.4 is 4.84 Å². The molecular weight excluding hydrogens is 348 g/mol. The highest BCUT2D eigenvalue weighted by Gasteiger charge is 2.32. The Morgan fingerprint density at radius 3 is 2.04 bits per heavy atom. The first kappa shape index (κ1) is 19.6. The van der Waals surface area contributed by atoms with Gasteiger partial charge in [0.05, 0.1) is 0 Å². The van der Waals surface area contributed by atoms with Gasteiger partial charge in [0.2, 0.25) is 11.8 Å². The first-order valence-corrected chi connectivity index (χ1v) is 8.40.